The molecule has 20 heavy (non-hydrogen) atoms. The maximum atomic E-state index is 11.8. The first-order valence-corrected chi connectivity index (χ1v) is 6.65. The lowest BCUT2D eigenvalue weighted by molar-refractivity contribution is -0.177. The third-order valence-electron chi connectivity index (χ3n) is 2.45. The fourth-order valence-corrected chi connectivity index (χ4v) is 1.22. The number of carbonyl (C=O) groups is 3. The molecule has 6 nitrogen and oxygen atoms in total. The molecule has 0 aromatic carbocycles. The normalized spacial score (nSPS) is 14.0. The van der Waals surface area contributed by atoms with Gasteiger partial charge < -0.3 is 14.6 Å². The van der Waals surface area contributed by atoms with Crippen molar-refractivity contribution in [2.45, 2.75) is 46.6 Å². The summed E-state index contributed by atoms with van der Waals surface area (Å²) in [6, 6.07) is 0. The van der Waals surface area contributed by atoms with Gasteiger partial charge in [-0.3, -0.25) is 9.59 Å². The molecule has 0 aromatic heterocycles. The van der Waals surface area contributed by atoms with Crippen LogP contribution in [0.3, 0.4) is 0 Å². The van der Waals surface area contributed by atoms with Crippen molar-refractivity contribution in [2.75, 3.05) is 13.2 Å². The van der Waals surface area contributed by atoms with Crippen molar-refractivity contribution in [3.05, 3.63) is 0 Å². The highest BCUT2D eigenvalue weighted by Crippen LogP contribution is 2.16. The summed E-state index contributed by atoms with van der Waals surface area (Å²) in [5.74, 6) is -2.58. The topological polar surface area (TPSA) is 89.9 Å². The molecule has 116 valence electrons. The Bertz CT molecular complexity index is 361. The maximum absolute atomic E-state index is 11.8. The monoisotopic (exact) mass is 288 g/mol. The first-order chi connectivity index (χ1) is 9.09. The average Bonchev–Trinajstić information content (AvgIpc) is 2.32. The highest BCUT2D eigenvalue weighted by Gasteiger charge is 2.45. The summed E-state index contributed by atoms with van der Waals surface area (Å²) < 4.78 is 9.70. The van der Waals surface area contributed by atoms with Crippen LogP contribution in [0.25, 0.3) is 0 Å². The minimum atomic E-state index is -2.47. The summed E-state index contributed by atoms with van der Waals surface area (Å²) in [6.07, 6.45) is -0.730. The molecule has 1 unspecified atom stereocenters. The van der Waals surface area contributed by atoms with Crippen LogP contribution in [0.2, 0.25) is 0 Å². The van der Waals surface area contributed by atoms with Gasteiger partial charge in [0, 0.05) is 0 Å². The minimum Gasteiger partial charge on any atom is -0.465 e. The third-order valence-corrected chi connectivity index (χ3v) is 2.45. The zero-order chi connectivity index (χ0) is 15.9. The van der Waals surface area contributed by atoms with Crippen LogP contribution in [0.15, 0.2) is 0 Å². The molecule has 0 heterocycles. The Morgan fingerprint density at radius 2 is 1.45 bits per heavy atom. The Morgan fingerprint density at radius 1 is 1.00 bits per heavy atom. The average molecular weight is 288 g/mol. The van der Waals surface area contributed by atoms with E-state index in [9.17, 15) is 19.5 Å². The Morgan fingerprint density at radius 3 is 1.85 bits per heavy atom. The lowest BCUT2D eigenvalue weighted by Crippen LogP contribution is -2.48. The highest BCUT2D eigenvalue weighted by atomic mass is 16.6. The van der Waals surface area contributed by atoms with Crippen molar-refractivity contribution < 1.29 is 29.0 Å². The molecule has 1 atom stereocenters. The smallest absolute Gasteiger partial charge is 0.346 e. The molecular formula is C14H24O6. The van der Waals surface area contributed by atoms with E-state index in [0.29, 0.717) is 0 Å². The summed E-state index contributed by atoms with van der Waals surface area (Å²) in [5.41, 5.74) is -2.47. The molecule has 0 saturated heterocycles. The van der Waals surface area contributed by atoms with E-state index < -0.39 is 29.7 Å². The minimum absolute atomic E-state index is 0.0584. The van der Waals surface area contributed by atoms with Crippen LogP contribution < -0.4 is 0 Å². The van der Waals surface area contributed by atoms with E-state index in [1.807, 2.05) is 27.7 Å². The SMILES string of the molecule is CC(=O)C(O)(CC(=O)OCC(C)C)C(=O)OCC(C)C. The predicted octanol–water partition coefficient (Wildman–Crippen LogP) is 1.09. The summed E-state index contributed by atoms with van der Waals surface area (Å²) in [4.78, 5) is 34.8. The van der Waals surface area contributed by atoms with E-state index in [1.54, 1.807) is 0 Å². The van der Waals surface area contributed by atoms with E-state index in [0.717, 1.165) is 6.92 Å². The second-order valence-corrected chi connectivity index (χ2v) is 5.66. The highest BCUT2D eigenvalue weighted by molar-refractivity contribution is 6.08. The van der Waals surface area contributed by atoms with Crippen LogP contribution in [-0.2, 0) is 23.9 Å². The molecule has 0 rings (SSSR count). The maximum Gasteiger partial charge on any atom is 0.346 e. The Balaban J connectivity index is 4.71. The molecule has 0 radical (unpaired) electrons. The third kappa shape index (κ3) is 6.14. The molecule has 0 bridgehead atoms. The van der Waals surface area contributed by atoms with E-state index >= 15 is 0 Å². The fourth-order valence-electron chi connectivity index (χ4n) is 1.22. The van der Waals surface area contributed by atoms with Crippen molar-refractivity contribution in [2.24, 2.45) is 11.8 Å². The van der Waals surface area contributed by atoms with Crippen LogP contribution in [-0.4, -0.2) is 41.6 Å². The number of aliphatic hydroxyl groups is 1. The molecule has 0 aliphatic carbocycles. The number of carbonyl (C=O) groups excluding carboxylic acids is 3. The summed E-state index contributed by atoms with van der Waals surface area (Å²) >= 11 is 0. The van der Waals surface area contributed by atoms with E-state index in [1.165, 1.54) is 0 Å². The Labute approximate surface area is 119 Å². The van der Waals surface area contributed by atoms with Gasteiger partial charge in [0.15, 0.2) is 5.78 Å². The molecule has 1 N–H and O–H groups in total. The standard InChI is InChI=1S/C14H24O6/c1-9(2)7-19-12(16)6-14(18,11(5)15)13(17)20-8-10(3)4/h9-10,18H,6-8H2,1-5H3. The van der Waals surface area contributed by atoms with Gasteiger partial charge in [0.1, 0.15) is 0 Å². The van der Waals surface area contributed by atoms with Crippen LogP contribution in [0.5, 0.6) is 0 Å². The number of ether oxygens (including phenoxy) is 2. The molecule has 0 aliphatic heterocycles. The van der Waals surface area contributed by atoms with Gasteiger partial charge in [-0.05, 0) is 18.8 Å². The van der Waals surface area contributed by atoms with Gasteiger partial charge in [-0.25, -0.2) is 4.79 Å². The number of esters is 2. The second-order valence-electron chi connectivity index (χ2n) is 5.66. The largest absolute Gasteiger partial charge is 0.465 e. The molecule has 6 heteroatoms. The van der Waals surface area contributed by atoms with Crippen LogP contribution in [0.1, 0.15) is 41.0 Å². The molecule has 0 spiro atoms. The molecule has 0 aromatic rings. The summed E-state index contributed by atoms with van der Waals surface area (Å²) in [5, 5.41) is 10.1. The molecule has 0 fully saturated rings. The van der Waals surface area contributed by atoms with Crippen molar-refractivity contribution in [3.8, 4) is 0 Å². The fraction of sp³-hybridized carbons (Fsp3) is 0.786. The van der Waals surface area contributed by atoms with Crippen LogP contribution in [0, 0.1) is 11.8 Å². The van der Waals surface area contributed by atoms with E-state index in [-0.39, 0.29) is 25.0 Å². The van der Waals surface area contributed by atoms with Gasteiger partial charge in [0.05, 0.1) is 19.6 Å². The Hall–Kier alpha value is -1.43. The van der Waals surface area contributed by atoms with Crippen molar-refractivity contribution in [3.63, 3.8) is 0 Å². The number of hydrogen-bond acceptors (Lipinski definition) is 6. The van der Waals surface area contributed by atoms with E-state index in [2.05, 4.69) is 0 Å². The molecule has 0 saturated carbocycles. The van der Waals surface area contributed by atoms with Crippen LogP contribution >= 0.6 is 0 Å². The van der Waals surface area contributed by atoms with Crippen molar-refractivity contribution in [1.29, 1.82) is 0 Å². The van der Waals surface area contributed by atoms with Gasteiger partial charge in [0.2, 0.25) is 5.60 Å². The zero-order valence-electron chi connectivity index (χ0n) is 12.8. The number of ketones is 1. The predicted molar refractivity (Wildman–Crippen MR) is 71.8 cm³/mol. The van der Waals surface area contributed by atoms with Gasteiger partial charge in [0.25, 0.3) is 0 Å². The van der Waals surface area contributed by atoms with E-state index in [4.69, 9.17) is 9.47 Å². The number of hydrogen-bond donors (Lipinski definition) is 1. The van der Waals surface area contributed by atoms with Gasteiger partial charge in [-0.1, -0.05) is 27.7 Å². The van der Waals surface area contributed by atoms with Crippen LogP contribution in [0.4, 0.5) is 0 Å². The van der Waals surface area contributed by atoms with Crippen molar-refractivity contribution >= 4 is 17.7 Å². The quantitative estimate of drug-likeness (QED) is 0.531. The lowest BCUT2D eigenvalue weighted by atomic mass is 9.95. The van der Waals surface area contributed by atoms with Gasteiger partial charge in [-0.15, -0.1) is 0 Å². The molecule has 0 amide bonds. The molecular weight excluding hydrogens is 264 g/mol. The first kappa shape index (κ1) is 18.6. The van der Waals surface area contributed by atoms with Gasteiger partial charge >= 0.3 is 11.9 Å². The summed E-state index contributed by atoms with van der Waals surface area (Å²) in [7, 11) is 0. The van der Waals surface area contributed by atoms with Crippen molar-refractivity contribution in [1.82, 2.24) is 0 Å². The second kappa shape index (κ2) is 7.99. The lowest BCUT2D eigenvalue weighted by Gasteiger charge is -2.23. The Kier molecular flexibility index (Phi) is 7.42. The first-order valence-electron chi connectivity index (χ1n) is 6.65. The summed E-state index contributed by atoms with van der Waals surface area (Å²) in [6.45, 7) is 8.59. The number of rotatable bonds is 8. The van der Waals surface area contributed by atoms with Gasteiger partial charge in [-0.2, -0.15) is 0 Å². The zero-order valence-corrected chi connectivity index (χ0v) is 12.8. The number of Topliss-reactive ketones (excluding diaryl/α,β-unsaturated/α-hetero) is 1. The molecule has 0 aliphatic rings.